The highest BCUT2D eigenvalue weighted by atomic mass is 32.1. The normalized spacial score (nSPS) is 17.9. The van der Waals surface area contributed by atoms with Gasteiger partial charge >= 0.3 is 0 Å². The number of carbonyl (C=O) groups excluding carboxylic acids is 1. The summed E-state index contributed by atoms with van der Waals surface area (Å²) in [4.78, 5) is 19.1. The molecule has 2 heterocycles. The molecule has 0 atom stereocenters. The summed E-state index contributed by atoms with van der Waals surface area (Å²) in [5, 5.41) is 0.536. The SMILES string of the molecule is CCCCCCCN1C(=O)C(=CC=C2Oc3ccccc3N2CC)N(c2ccccc2)C1=S. The zero-order valence-electron chi connectivity index (χ0n) is 19.4. The van der Waals surface area contributed by atoms with Crippen molar-refractivity contribution in [1.82, 2.24) is 4.90 Å². The van der Waals surface area contributed by atoms with E-state index in [1.54, 1.807) is 4.90 Å². The molecule has 2 aliphatic rings. The zero-order valence-corrected chi connectivity index (χ0v) is 20.2. The Kier molecular flexibility index (Phi) is 7.45. The molecule has 1 fully saturated rings. The summed E-state index contributed by atoms with van der Waals surface area (Å²) in [5.41, 5.74) is 2.46. The fourth-order valence-corrected chi connectivity index (χ4v) is 4.62. The van der Waals surface area contributed by atoms with Gasteiger partial charge in [0.1, 0.15) is 5.70 Å². The maximum absolute atomic E-state index is 13.4. The number of rotatable bonds is 9. The first-order valence-electron chi connectivity index (χ1n) is 11.8. The molecule has 0 unspecified atom stereocenters. The Morgan fingerprint density at radius 2 is 1.61 bits per heavy atom. The third-order valence-electron chi connectivity index (χ3n) is 5.96. The number of thiocarbonyl (C=S) groups is 1. The number of hydrogen-bond acceptors (Lipinski definition) is 4. The fraction of sp³-hybridized carbons (Fsp3) is 0.333. The second kappa shape index (κ2) is 10.7. The minimum atomic E-state index is -0.0604. The van der Waals surface area contributed by atoms with Gasteiger partial charge in [0.15, 0.2) is 10.9 Å². The van der Waals surface area contributed by atoms with Crippen molar-refractivity contribution in [2.45, 2.75) is 46.0 Å². The number of fused-ring (bicyclic) bond motifs is 1. The van der Waals surface area contributed by atoms with Gasteiger partial charge in [0, 0.05) is 24.9 Å². The Balaban J connectivity index is 1.61. The van der Waals surface area contributed by atoms with Gasteiger partial charge < -0.3 is 9.64 Å². The van der Waals surface area contributed by atoms with Crippen LogP contribution in [0.2, 0.25) is 0 Å². The molecule has 0 bridgehead atoms. The Morgan fingerprint density at radius 1 is 0.879 bits per heavy atom. The number of benzene rings is 2. The second-order valence-corrected chi connectivity index (χ2v) is 8.56. The minimum absolute atomic E-state index is 0.0604. The molecule has 2 aromatic carbocycles. The number of unbranched alkanes of at least 4 members (excludes halogenated alkanes) is 4. The first-order valence-corrected chi connectivity index (χ1v) is 12.2. The molecule has 33 heavy (non-hydrogen) atoms. The highest BCUT2D eigenvalue weighted by Crippen LogP contribution is 2.38. The van der Waals surface area contributed by atoms with Crippen LogP contribution in [-0.4, -0.2) is 29.0 Å². The molecule has 0 N–H and O–H groups in total. The van der Waals surface area contributed by atoms with Crippen LogP contribution in [-0.2, 0) is 4.79 Å². The number of allylic oxidation sites excluding steroid dienone is 2. The van der Waals surface area contributed by atoms with E-state index in [0.29, 0.717) is 23.2 Å². The van der Waals surface area contributed by atoms with Crippen molar-refractivity contribution >= 4 is 34.6 Å². The van der Waals surface area contributed by atoms with Crippen molar-refractivity contribution in [2.24, 2.45) is 0 Å². The first-order chi connectivity index (χ1) is 16.2. The molecule has 0 spiro atoms. The highest BCUT2D eigenvalue weighted by Gasteiger charge is 2.38. The summed E-state index contributed by atoms with van der Waals surface area (Å²) in [6.07, 6.45) is 9.38. The topological polar surface area (TPSA) is 36.0 Å². The molecule has 2 aromatic rings. The quantitative estimate of drug-likeness (QED) is 0.251. The molecule has 1 amide bonds. The lowest BCUT2D eigenvalue weighted by molar-refractivity contribution is -0.122. The van der Waals surface area contributed by atoms with Crippen LogP contribution < -0.4 is 14.5 Å². The Labute approximate surface area is 201 Å². The number of anilines is 2. The molecular weight excluding hydrogens is 430 g/mol. The van der Waals surface area contributed by atoms with Gasteiger partial charge in [-0.05, 0) is 55.9 Å². The van der Waals surface area contributed by atoms with Crippen LogP contribution in [0.3, 0.4) is 0 Å². The molecular formula is C27H31N3O2S. The zero-order chi connectivity index (χ0) is 23.2. The van der Waals surface area contributed by atoms with Gasteiger partial charge in [-0.1, -0.05) is 62.9 Å². The van der Waals surface area contributed by atoms with Gasteiger partial charge in [0.2, 0.25) is 5.88 Å². The molecule has 4 rings (SSSR count). The maximum Gasteiger partial charge on any atom is 0.277 e. The summed E-state index contributed by atoms with van der Waals surface area (Å²) in [5.74, 6) is 1.47. The van der Waals surface area contributed by atoms with Gasteiger partial charge in [0.25, 0.3) is 5.91 Å². The molecule has 0 aromatic heterocycles. The highest BCUT2D eigenvalue weighted by molar-refractivity contribution is 7.80. The Morgan fingerprint density at radius 3 is 2.36 bits per heavy atom. The van der Waals surface area contributed by atoms with Crippen LogP contribution in [0.15, 0.2) is 78.3 Å². The fourth-order valence-electron chi connectivity index (χ4n) is 4.24. The van der Waals surface area contributed by atoms with Gasteiger partial charge in [-0.2, -0.15) is 0 Å². The third-order valence-corrected chi connectivity index (χ3v) is 6.37. The summed E-state index contributed by atoms with van der Waals surface area (Å²) >= 11 is 5.78. The van der Waals surface area contributed by atoms with E-state index in [1.807, 2.05) is 71.6 Å². The summed E-state index contributed by atoms with van der Waals surface area (Å²) in [6.45, 7) is 5.69. The molecule has 2 aliphatic heterocycles. The van der Waals surface area contributed by atoms with Crippen LogP contribution in [0.4, 0.5) is 11.4 Å². The van der Waals surface area contributed by atoms with Crippen LogP contribution in [0.25, 0.3) is 0 Å². The second-order valence-electron chi connectivity index (χ2n) is 8.20. The molecule has 0 aliphatic carbocycles. The summed E-state index contributed by atoms with van der Waals surface area (Å²) in [6, 6.07) is 17.8. The lowest BCUT2D eigenvalue weighted by Crippen LogP contribution is -2.33. The average molecular weight is 462 g/mol. The van der Waals surface area contributed by atoms with Gasteiger partial charge in [0.05, 0.1) is 5.69 Å². The Hall–Kier alpha value is -3.12. The maximum atomic E-state index is 13.4. The molecule has 5 nitrogen and oxygen atoms in total. The molecule has 0 radical (unpaired) electrons. The molecule has 0 saturated carbocycles. The number of carbonyl (C=O) groups is 1. The van der Waals surface area contributed by atoms with Crippen LogP contribution >= 0.6 is 12.2 Å². The van der Waals surface area contributed by atoms with Gasteiger partial charge in [-0.15, -0.1) is 0 Å². The van der Waals surface area contributed by atoms with Crippen molar-refractivity contribution < 1.29 is 9.53 Å². The molecule has 172 valence electrons. The van der Waals surface area contributed by atoms with E-state index in [2.05, 4.69) is 18.7 Å². The van der Waals surface area contributed by atoms with E-state index in [0.717, 1.165) is 36.5 Å². The minimum Gasteiger partial charge on any atom is -0.439 e. The number of ether oxygens (including phenoxy) is 1. The standard InChI is InChI=1S/C27H31N3O2S/c1-3-5-6-7-13-20-29-26(31)23(30(27(29)33)21-14-9-8-10-15-21)18-19-25-28(4-2)22-16-11-12-17-24(22)32-25/h8-12,14-19H,3-7,13,20H2,1-2H3. The lowest BCUT2D eigenvalue weighted by Gasteiger charge is -2.20. The van der Waals surface area contributed by atoms with E-state index in [4.69, 9.17) is 17.0 Å². The predicted molar refractivity (Wildman–Crippen MR) is 138 cm³/mol. The first kappa shape index (κ1) is 23.1. The van der Waals surface area contributed by atoms with Crippen molar-refractivity contribution in [2.75, 3.05) is 22.9 Å². The van der Waals surface area contributed by atoms with Crippen molar-refractivity contribution in [1.29, 1.82) is 0 Å². The number of nitrogens with zero attached hydrogens (tertiary/aromatic N) is 3. The van der Waals surface area contributed by atoms with Gasteiger partial charge in [-0.3, -0.25) is 14.6 Å². The number of hydrogen-bond donors (Lipinski definition) is 0. The van der Waals surface area contributed by atoms with E-state index in [9.17, 15) is 4.79 Å². The largest absolute Gasteiger partial charge is 0.439 e. The van der Waals surface area contributed by atoms with Crippen molar-refractivity contribution in [3.63, 3.8) is 0 Å². The predicted octanol–water partition coefficient (Wildman–Crippen LogP) is 6.23. The van der Waals surface area contributed by atoms with Crippen LogP contribution in [0.5, 0.6) is 5.75 Å². The Bertz CT molecular complexity index is 1060. The summed E-state index contributed by atoms with van der Waals surface area (Å²) in [7, 11) is 0. The number of para-hydroxylation sites is 3. The monoisotopic (exact) mass is 461 g/mol. The third kappa shape index (κ3) is 4.81. The smallest absolute Gasteiger partial charge is 0.277 e. The van der Waals surface area contributed by atoms with E-state index in [-0.39, 0.29) is 5.91 Å². The van der Waals surface area contributed by atoms with Crippen molar-refractivity contribution in [3.05, 3.63) is 78.3 Å². The lowest BCUT2D eigenvalue weighted by atomic mass is 10.1. The van der Waals surface area contributed by atoms with Gasteiger partial charge in [-0.25, -0.2) is 0 Å². The van der Waals surface area contributed by atoms with Crippen molar-refractivity contribution in [3.8, 4) is 5.75 Å². The number of amides is 1. The molecule has 6 heteroatoms. The van der Waals surface area contributed by atoms with Crippen LogP contribution in [0, 0.1) is 0 Å². The average Bonchev–Trinajstić information content (AvgIpc) is 3.32. The van der Waals surface area contributed by atoms with E-state index in [1.165, 1.54) is 19.3 Å². The van der Waals surface area contributed by atoms with E-state index >= 15 is 0 Å². The van der Waals surface area contributed by atoms with E-state index < -0.39 is 0 Å². The van der Waals surface area contributed by atoms with Crippen LogP contribution in [0.1, 0.15) is 46.0 Å². The molecule has 1 saturated heterocycles. The summed E-state index contributed by atoms with van der Waals surface area (Å²) < 4.78 is 6.07.